The molecule has 1 aromatic rings. The smallest absolute Gasteiger partial charge is 0.161 e. The molecule has 0 saturated carbocycles. The van der Waals surface area contributed by atoms with Gasteiger partial charge in [0.05, 0.1) is 6.61 Å². The number of nitrogens with zero attached hydrogens (tertiary/aromatic N) is 1. The number of benzene rings is 1. The third-order valence-corrected chi connectivity index (χ3v) is 4.28. The van der Waals surface area contributed by atoms with E-state index in [4.69, 9.17) is 9.47 Å². The zero-order chi connectivity index (χ0) is 16.5. The molecule has 0 aromatic heterocycles. The molecule has 23 heavy (non-hydrogen) atoms. The fraction of sp³-hybridized carbons (Fsp3) is 0.579. The standard InChI is InChI=1S/C19H30N2O2/c1-4-12-23-18-10-9-16(13-19(18)22-6-3)14-20-15-17-8-7-11-21(17)5-2/h4,9-10,13,17,20H,1,5-8,11-12,14-15H2,2-3H3. The number of likely N-dealkylation sites (N-methyl/N-ethyl adjacent to an activating group) is 1. The van der Waals surface area contributed by atoms with Crippen LogP contribution in [0, 0.1) is 0 Å². The van der Waals surface area contributed by atoms with Gasteiger partial charge in [-0.15, -0.1) is 0 Å². The zero-order valence-corrected chi connectivity index (χ0v) is 14.5. The summed E-state index contributed by atoms with van der Waals surface area (Å²) in [6.45, 7) is 13.3. The van der Waals surface area contributed by atoms with E-state index in [0.717, 1.165) is 31.1 Å². The van der Waals surface area contributed by atoms with Gasteiger partial charge in [-0.1, -0.05) is 25.6 Å². The molecule has 1 aliphatic heterocycles. The van der Waals surface area contributed by atoms with Crippen molar-refractivity contribution in [3.63, 3.8) is 0 Å². The molecule has 1 atom stereocenters. The molecule has 4 nitrogen and oxygen atoms in total. The first-order valence-electron chi connectivity index (χ1n) is 8.72. The first-order chi connectivity index (χ1) is 11.3. The van der Waals surface area contributed by atoms with E-state index >= 15 is 0 Å². The Morgan fingerprint density at radius 3 is 2.91 bits per heavy atom. The summed E-state index contributed by atoms with van der Waals surface area (Å²) in [6.07, 6.45) is 4.37. The molecule has 1 aliphatic rings. The van der Waals surface area contributed by atoms with Crippen LogP contribution in [0.25, 0.3) is 0 Å². The summed E-state index contributed by atoms with van der Waals surface area (Å²) in [5.74, 6) is 1.59. The van der Waals surface area contributed by atoms with Crippen LogP contribution in [0.15, 0.2) is 30.9 Å². The number of nitrogens with one attached hydrogen (secondary N) is 1. The Bertz CT molecular complexity index is 490. The molecule has 1 N–H and O–H groups in total. The van der Waals surface area contributed by atoms with E-state index in [-0.39, 0.29) is 0 Å². The monoisotopic (exact) mass is 318 g/mol. The lowest BCUT2D eigenvalue weighted by molar-refractivity contribution is 0.260. The van der Waals surface area contributed by atoms with Gasteiger partial charge < -0.3 is 14.8 Å². The largest absolute Gasteiger partial charge is 0.490 e. The maximum atomic E-state index is 5.69. The Labute approximate surface area is 140 Å². The Morgan fingerprint density at radius 1 is 1.30 bits per heavy atom. The van der Waals surface area contributed by atoms with Crippen molar-refractivity contribution in [1.29, 1.82) is 0 Å². The SMILES string of the molecule is C=CCOc1ccc(CNCC2CCCN2CC)cc1OCC. The highest BCUT2D eigenvalue weighted by Crippen LogP contribution is 2.28. The quantitative estimate of drug-likeness (QED) is 0.672. The molecule has 1 fully saturated rings. The van der Waals surface area contributed by atoms with Gasteiger partial charge in [-0.05, 0) is 50.6 Å². The lowest BCUT2D eigenvalue weighted by Gasteiger charge is -2.23. The van der Waals surface area contributed by atoms with Crippen molar-refractivity contribution in [1.82, 2.24) is 10.2 Å². The van der Waals surface area contributed by atoms with Crippen LogP contribution in [0.1, 0.15) is 32.3 Å². The van der Waals surface area contributed by atoms with Crippen molar-refractivity contribution >= 4 is 0 Å². The normalized spacial score (nSPS) is 18.1. The number of rotatable bonds is 10. The van der Waals surface area contributed by atoms with Crippen molar-refractivity contribution in [2.45, 2.75) is 39.3 Å². The topological polar surface area (TPSA) is 33.7 Å². The molecule has 1 heterocycles. The Morgan fingerprint density at radius 2 is 2.17 bits per heavy atom. The summed E-state index contributed by atoms with van der Waals surface area (Å²) in [6, 6.07) is 6.84. The zero-order valence-electron chi connectivity index (χ0n) is 14.5. The summed E-state index contributed by atoms with van der Waals surface area (Å²) < 4.78 is 11.3. The van der Waals surface area contributed by atoms with Crippen molar-refractivity contribution in [3.05, 3.63) is 36.4 Å². The summed E-state index contributed by atoms with van der Waals surface area (Å²) in [7, 11) is 0. The van der Waals surface area contributed by atoms with E-state index in [0.29, 0.717) is 19.3 Å². The van der Waals surface area contributed by atoms with Crippen LogP contribution in [0.2, 0.25) is 0 Å². The molecule has 2 rings (SSSR count). The fourth-order valence-electron chi connectivity index (χ4n) is 3.12. The molecule has 0 amide bonds. The minimum atomic E-state index is 0.492. The second-order valence-corrected chi connectivity index (χ2v) is 5.87. The second-order valence-electron chi connectivity index (χ2n) is 5.87. The average Bonchev–Trinajstić information content (AvgIpc) is 3.02. The summed E-state index contributed by atoms with van der Waals surface area (Å²) in [5, 5.41) is 3.59. The highest BCUT2D eigenvalue weighted by Gasteiger charge is 2.22. The van der Waals surface area contributed by atoms with Crippen molar-refractivity contribution < 1.29 is 9.47 Å². The van der Waals surface area contributed by atoms with Crippen LogP contribution in [0.4, 0.5) is 0 Å². The summed E-state index contributed by atoms with van der Waals surface area (Å²) in [5.41, 5.74) is 1.22. The van der Waals surface area contributed by atoms with Crippen LogP contribution >= 0.6 is 0 Å². The van der Waals surface area contributed by atoms with Gasteiger partial charge in [0.25, 0.3) is 0 Å². The van der Waals surface area contributed by atoms with Crippen LogP contribution < -0.4 is 14.8 Å². The van der Waals surface area contributed by atoms with Crippen LogP contribution in [-0.4, -0.2) is 43.8 Å². The third-order valence-electron chi connectivity index (χ3n) is 4.28. The molecular formula is C19H30N2O2. The van der Waals surface area contributed by atoms with Gasteiger partial charge >= 0.3 is 0 Å². The van der Waals surface area contributed by atoms with Crippen molar-refractivity contribution in [2.75, 3.05) is 32.8 Å². The molecule has 1 aromatic carbocycles. The Kier molecular flexibility index (Phi) is 7.43. The lowest BCUT2D eigenvalue weighted by Crippen LogP contribution is -2.37. The van der Waals surface area contributed by atoms with E-state index < -0.39 is 0 Å². The molecule has 0 bridgehead atoms. The minimum Gasteiger partial charge on any atom is -0.490 e. The second kappa shape index (κ2) is 9.58. The number of hydrogen-bond acceptors (Lipinski definition) is 4. The lowest BCUT2D eigenvalue weighted by atomic mass is 10.1. The molecule has 0 radical (unpaired) electrons. The molecule has 1 saturated heterocycles. The van der Waals surface area contributed by atoms with Gasteiger partial charge in [0.1, 0.15) is 6.61 Å². The molecule has 4 heteroatoms. The fourth-order valence-corrected chi connectivity index (χ4v) is 3.12. The van der Waals surface area contributed by atoms with Gasteiger partial charge in [-0.25, -0.2) is 0 Å². The van der Waals surface area contributed by atoms with Crippen molar-refractivity contribution in [3.8, 4) is 11.5 Å². The number of hydrogen-bond donors (Lipinski definition) is 1. The Balaban J connectivity index is 1.89. The minimum absolute atomic E-state index is 0.492. The highest BCUT2D eigenvalue weighted by molar-refractivity contribution is 5.43. The van der Waals surface area contributed by atoms with Gasteiger partial charge in [0, 0.05) is 19.1 Å². The van der Waals surface area contributed by atoms with E-state index in [2.05, 4.69) is 35.9 Å². The van der Waals surface area contributed by atoms with Gasteiger partial charge in [-0.2, -0.15) is 0 Å². The molecule has 128 valence electrons. The van der Waals surface area contributed by atoms with Gasteiger partial charge in [0.2, 0.25) is 0 Å². The van der Waals surface area contributed by atoms with Gasteiger partial charge in [0.15, 0.2) is 11.5 Å². The average molecular weight is 318 g/mol. The molecule has 0 aliphatic carbocycles. The van der Waals surface area contributed by atoms with Crippen molar-refractivity contribution in [2.24, 2.45) is 0 Å². The maximum Gasteiger partial charge on any atom is 0.161 e. The number of ether oxygens (including phenoxy) is 2. The van der Waals surface area contributed by atoms with E-state index in [1.54, 1.807) is 6.08 Å². The first-order valence-corrected chi connectivity index (χ1v) is 8.72. The van der Waals surface area contributed by atoms with E-state index in [1.165, 1.54) is 24.9 Å². The van der Waals surface area contributed by atoms with E-state index in [9.17, 15) is 0 Å². The van der Waals surface area contributed by atoms with Gasteiger partial charge in [-0.3, -0.25) is 4.90 Å². The molecule has 0 spiro atoms. The maximum absolute atomic E-state index is 5.69. The third kappa shape index (κ3) is 5.26. The predicted octanol–water partition coefficient (Wildman–Crippen LogP) is 3.22. The van der Waals surface area contributed by atoms with Crippen LogP contribution in [-0.2, 0) is 6.54 Å². The predicted molar refractivity (Wildman–Crippen MR) is 95.3 cm³/mol. The van der Waals surface area contributed by atoms with Crippen LogP contribution in [0.5, 0.6) is 11.5 Å². The number of likely N-dealkylation sites (tertiary alicyclic amines) is 1. The molecular weight excluding hydrogens is 288 g/mol. The summed E-state index contributed by atoms with van der Waals surface area (Å²) >= 11 is 0. The first kappa shape index (κ1) is 17.8. The van der Waals surface area contributed by atoms with E-state index in [1.807, 2.05) is 13.0 Å². The highest BCUT2D eigenvalue weighted by atomic mass is 16.5. The Hall–Kier alpha value is -1.52. The summed E-state index contributed by atoms with van der Waals surface area (Å²) in [4.78, 5) is 2.56. The molecule has 1 unspecified atom stereocenters. The van der Waals surface area contributed by atoms with Crippen LogP contribution in [0.3, 0.4) is 0 Å².